The Balaban J connectivity index is 1.86. The van der Waals surface area contributed by atoms with Gasteiger partial charge in [-0.05, 0) is 61.2 Å². The number of hydrogen-bond acceptors (Lipinski definition) is 2. The van der Waals surface area contributed by atoms with Gasteiger partial charge in [-0.15, -0.1) is 0 Å². The van der Waals surface area contributed by atoms with Crippen LogP contribution in [0.5, 0.6) is 0 Å². The Bertz CT molecular complexity index is 415. The SMILES string of the molecule is OCCC1CC2=C(C=C3CCCC=C3C2)C1O. The van der Waals surface area contributed by atoms with Crippen LogP contribution in [0.3, 0.4) is 0 Å². The molecule has 0 aromatic heterocycles. The number of fused-ring (bicyclic) bond motifs is 1. The van der Waals surface area contributed by atoms with Crippen LogP contribution in [0.4, 0.5) is 0 Å². The van der Waals surface area contributed by atoms with Gasteiger partial charge in [-0.3, -0.25) is 0 Å². The minimum absolute atomic E-state index is 0.182. The van der Waals surface area contributed by atoms with Gasteiger partial charge in [-0.1, -0.05) is 17.7 Å². The minimum Gasteiger partial charge on any atom is -0.396 e. The molecule has 0 radical (unpaired) electrons. The molecule has 0 saturated carbocycles. The van der Waals surface area contributed by atoms with E-state index >= 15 is 0 Å². The molecule has 0 amide bonds. The van der Waals surface area contributed by atoms with E-state index in [1.807, 2.05) is 0 Å². The maximum Gasteiger partial charge on any atom is 0.0821 e. The van der Waals surface area contributed by atoms with Crippen molar-refractivity contribution in [3.63, 3.8) is 0 Å². The number of aliphatic hydroxyl groups is 2. The minimum atomic E-state index is -0.340. The molecule has 92 valence electrons. The first-order valence-electron chi connectivity index (χ1n) is 6.70. The van der Waals surface area contributed by atoms with Gasteiger partial charge in [-0.2, -0.15) is 0 Å². The highest BCUT2D eigenvalue weighted by molar-refractivity contribution is 5.51. The molecule has 2 heteroatoms. The van der Waals surface area contributed by atoms with E-state index in [1.54, 1.807) is 0 Å². The molecule has 0 heterocycles. The van der Waals surface area contributed by atoms with Crippen LogP contribution in [-0.2, 0) is 0 Å². The van der Waals surface area contributed by atoms with Gasteiger partial charge in [0.15, 0.2) is 0 Å². The third-order valence-corrected chi connectivity index (χ3v) is 4.37. The summed E-state index contributed by atoms with van der Waals surface area (Å²) in [4.78, 5) is 0. The van der Waals surface area contributed by atoms with Crippen molar-refractivity contribution in [1.82, 2.24) is 0 Å². The van der Waals surface area contributed by atoms with Gasteiger partial charge in [0, 0.05) is 6.61 Å². The average molecular weight is 232 g/mol. The van der Waals surface area contributed by atoms with E-state index in [0.29, 0.717) is 0 Å². The maximum atomic E-state index is 10.3. The summed E-state index contributed by atoms with van der Waals surface area (Å²) in [6.45, 7) is 0.182. The van der Waals surface area contributed by atoms with Gasteiger partial charge >= 0.3 is 0 Å². The quantitative estimate of drug-likeness (QED) is 0.768. The summed E-state index contributed by atoms with van der Waals surface area (Å²) >= 11 is 0. The summed E-state index contributed by atoms with van der Waals surface area (Å²) in [6.07, 6.45) is 10.6. The van der Waals surface area contributed by atoms with Crippen molar-refractivity contribution < 1.29 is 10.2 Å². The topological polar surface area (TPSA) is 40.5 Å². The summed E-state index contributed by atoms with van der Waals surface area (Å²) in [6, 6.07) is 0. The molecule has 2 atom stereocenters. The zero-order valence-electron chi connectivity index (χ0n) is 10.2. The Morgan fingerprint density at radius 1 is 1.29 bits per heavy atom. The van der Waals surface area contributed by atoms with Gasteiger partial charge in [-0.25, -0.2) is 0 Å². The smallest absolute Gasteiger partial charge is 0.0821 e. The molecule has 3 aliphatic rings. The highest BCUT2D eigenvalue weighted by Gasteiger charge is 2.34. The fourth-order valence-corrected chi connectivity index (χ4v) is 3.43. The molecule has 3 rings (SSSR count). The Labute approximate surface area is 102 Å². The van der Waals surface area contributed by atoms with Crippen molar-refractivity contribution in [3.8, 4) is 0 Å². The normalized spacial score (nSPS) is 31.9. The van der Waals surface area contributed by atoms with Crippen molar-refractivity contribution in [1.29, 1.82) is 0 Å². The standard InChI is InChI=1S/C15H20O2/c16-6-5-12-8-13-7-10-3-1-2-4-11(10)9-14(13)15(12)17/h3,9,12,15-17H,1-2,4-8H2. The summed E-state index contributed by atoms with van der Waals surface area (Å²) in [7, 11) is 0. The number of aliphatic hydroxyl groups excluding tert-OH is 2. The maximum absolute atomic E-state index is 10.3. The van der Waals surface area contributed by atoms with E-state index in [4.69, 9.17) is 5.11 Å². The first kappa shape index (κ1) is 11.2. The average Bonchev–Trinajstić information content (AvgIpc) is 2.64. The van der Waals surface area contributed by atoms with E-state index in [-0.39, 0.29) is 18.6 Å². The molecule has 2 nitrogen and oxygen atoms in total. The lowest BCUT2D eigenvalue weighted by Crippen LogP contribution is -2.18. The van der Waals surface area contributed by atoms with Crippen LogP contribution >= 0.6 is 0 Å². The Morgan fingerprint density at radius 2 is 2.18 bits per heavy atom. The molecule has 0 bridgehead atoms. The lowest BCUT2D eigenvalue weighted by Gasteiger charge is -2.23. The monoisotopic (exact) mass is 232 g/mol. The lowest BCUT2D eigenvalue weighted by atomic mass is 9.83. The van der Waals surface area contributed by atoms with E-state index < -0.39 is 0 Å². The summed E-state index contributed by atoms with van der Waals surface area (Å²) in [5.41, 5.74) is 5.51. The second-order valence-electron chi connectivity index (χ2n) is 5.45. The second-order valence-corrected chi connectivity index (χ2v) is 5.45. The highest BCUT2D eigenvalue weighted by Crippen LogP contribution is 2.44. The first-order valence-corrected chi connectivity index (χ1v) is 6.70. The molecule has 2 N–H and O–H groups in total. The molecule has 0 spiro atoms. The molecule has 0 aromatic rings. The van der Waals surface area contributed by atoms with Crippen LogP contribution in [0.15, 0.2) is 34.4 Å². The number of hydrogen-bond donors (Lipinski definition) is 2. The van der Waals surface area contributed by atoms with Crippen LogP contribution in [0, 0.1) is 5.92 Å². The first-order chi connectivity index (χ1) is 8.29. The molecular weight excluding hydrogens is 212 g/mol. The van der Waals surface area contributed by atoms with Crippen molar-refractivity contribution in [2.75, 3.05) is 6.61 Å². The third kappa shape index (κ3) is 1.90. The van der Waals surface area contributed by atoms with Crippen LogP contribution in [0.25, 0.3) is 0 Å². The zero-order valence-corrected chi connectivity index (χ0v) is 10.2. The highest BCUT2D eigenvalue weighted by atomic mass is 16.3. The van der Waals surface area contributed by atoms with Crippen molar-refractivity contribution in [3.05, 3.63) is 34.4 Å². The van der Waals surface area contributed by atoms with Crippen LogP contribution in [-0.4, -0.2) is 22.9 Å². The predicted octanol–water partition coefficient (Wildman–Crippen LogP) is 2.49. The van der Waals surface area contributed by atoms with E-state index in [1.165, 1.54) is 36.0 Å². The van der Waals surface area contributed by atoms with Gasteiger partial charge < -0.3 is 10.2 Å². The second kappa shape index (κ2) is 4.43. The lowest BCUT2D eigenvalue weighted by molar-refractivity contribution is 0.133. The molecule has 0 aliphatic heterocycles. The van der Waals surface area contributed by atoms with E-state index in [9.17, 15) is 5.11 Å². The van der Waals surface area contributed by atoms with E-state index in [2.05, 4.69) is 12.2 Å². The largest absolute Gasteiger partial charge is 0.396 e. The van der Waals surface area contributed by atoms with Crippen molar-refractivity contribution in [2.45, 2.75) is 44.6 Å². The van der Waals surface area contributed by atoms with Crippen LogP contribution < -0.4 is 0 Å². The van der Waals surface area contributed by atoms with Crippen LogP contribution in [0.2, 0.25) is 0 Å². The zero-order chi connectivity index (χ0) is 11.8. The molecule has 0 saturated heterocycles. The van der Waals surface area contributed by atoms with Crippen molar-refractivity contribution >= 4 is 0 Å². The van der Waals surface area contributed by atoms with Crippen molar-refractivity contribution in [2.24, 2.45) is 5.92 Å². The molecule has 17 heavy (non-hydrogen) atoms. The van der Waals surface area contributed by atoms with Gasteiger partial charge in [0.25, 0.3) is 0 Å². The fourth-order valence-electron chi connectivity index (χ4n) is 3.43. The molecular formula is C15H20O2. The fraction of sp³-hybridized carbons (Fsp3) is 0.600. The van der Waals surface area contributed by atoms with Gasteiger partial charge in [0.1, 0.15) is 0 Å². The number of allylic oxidation sites excluding steroid dienone is 4. The van der Waals surface area contributed by atoms with Crippen LogP contribution in [0.1, 0.15) is 38.5 Å². The van der Waals surface area contributed by atoms with Gasteiger partial charge in [0.2, 0.25) is 0 Å². The summed E-state index contributed by atoms with van der Waals surface area (Å²) in [5.74, 6) is 0.239. The number of rotatable bonds is 2. The molecule has 3 aliphatic carbocycles. The molecule has 0 aromatic carbocycles. The molecule has 2 unspecified atom stereocenters. The van der Waals surface area contributed by atoms with Gasteiger partial charge in [0.05, 0.1) is 6.10 Å². The Hall–Kier alpha value is -0.860. The summed E-state index contributed by atoms with van der Waals surface area (Å²) < 4.78 is 0. The van der Waals surface area contributed by atoms with E-state index in [0.717, 1.165) is 24.8 Å². The third-order valence-electron chi connectivity index (χ3n) is 4.37. The Kier molecular flexibility index (Phi) is 2.93. The Morgan fingerprint density at radius 3 is 3.00 bits per heavy atom. The molecule has 0 fully saturated rings. The summed E-state index contributed by atoms with van der Waals surface area (Å²) in [5, 5.41) is 19.3. The predicted molar refractivity (Wildman–Crippen MR) is 67.5 cm³/mol.